The number of thioether (sulfide) groups is 1. The van der Waals surface area contributed by atoms with Gasteiger partial charge in [-0.3, -0.25) is 14.4 Å². The predicted molar refractivity (Wildman–Crippen MR) is 37.8 cm³/mol. The van der Waals surface area contributed by atoms with Crippen molar-refractivity contribution in [3.63, 3.8) is 0 Å². The summed E-state index contributed by atoms with van der Waals surface area (Å²) in [5.41, 5.74) is 0. The van der Waals surface area contributed by atoms with E-state index >= 15 is 0 Å². The van der Waals surface area contributed by atoms with Gasteiger partial charge < -0.3 is 4.74 Å². The molecule has 4 nitrogen and oxygen atoms in total. The Hall–Kier alpha value is -0.840. The number of rotatable bonds is 1. The summed E-state index contributed by atoms with van der Waals surface area (Å²) in [7, 11) is 0. The van der Waals surface area contributed by atoms with Gasteiger partial charge in [-0.15, -0.1) is 0 Å². The molecule has 1 atom stereocenters. The number of esters is 2. The Labute approximate surface area is 67.3 Å². The van der Waals surface area contributed by atoms with Crippen molar-refractivity contribution in [1.82, 2.24) is 0 Å². The molecule has 0 spiro atoms. The predicted octanol–water partition coefficient (Wildman–Crippen LogP) is 0.108. The minimum absolute atomic E-state index is 0.0169. The van der Waals surface area contributed by atoms with Crippen molar-refractivity contribution in [2.24, 2.45) is 0 Å². The van der Waals surface area contributed by atoms with Crippen LogP contribution in [0.5, 0.6) is 0 Å². The molecule has 1 rings (SSSR count). The van der Waals surface area contributed by atoms with Crippen LogP contribution in [-0.2, 0) is 19.1 Å². The van der Waals surface area contributed by atoms with E-state index in [1.165, 1.54) is 6.92 Å². The first-order valence-corrected chi connectivity index (χ1v) is 3.89. The van der Waals surface area contributed by atoms with Crippen LogP contribution in [0, 0.1) is 0 Å². The molecule has 1 saturated heterocycles. The van der Waals surface area contributed by atoms with Gasteiger partial charge in [0, 0.05) is 6.92 Å². The van der Waals surface area contributed by atoms with Crippen LogP contribution in [0.3, 0.4) is 0 Å². The Morgan fingerprint density at radius 3 is 2.64 bits per heavy atom. The molecule has 1 fully saturated rings. The molecule has 1 aliphatic rings. The molecule has 0 aromatic heterocycles. The van der Waals surface area contributed by atoms with Crippen LogP contribution in [0.25, 0.3) is 0 Å². The summed E-state index contributed by atoms with van der Waals surface area (Å²) in [5, 5.41) is -0.790. The van der Waals surface area contributed by atoms with Gasteiger partial charge in [0.05, 0.1) is 6.42 Å². The highest BCUT2D eigenvalue weighted by molar-refractivity contribution is 8.14. The summed E-state index contributed by atoms with van der Waals surface area (Å²) in [6.07, 6.45) is 0.0169. The molecule has 11 heavy (non-hydrogen) atoms. The molecular weight excluding hydrogens is 168 g/mol. The average molecular weight is 174 g/mol. The van der Waals surface area contributed by atoms with Crippen LogP contribution in [0.2, 0.25) is 0 Å². The van der Waals surface area contributed by atoms with E-state index in [-0.39, 0.29) is 11.5 Å². The molecule has 0 bridgehead atoms. The lowest BCUT2D eigenvalue weighted by Gasteiger charge is -1.97. The monoisotopic (exact) mass is 174 g/mol. The highest BCUT2D eigenvalue weighted by atomic mass is 32.2. The van der Waals surface area contributed by atoms with Crippen molar-refractivity contribution >= 4 is 28.8 Å². The Kier molecular flexibility index (Phi) is 2.28. The van der Waals surface area contributed by atoms with Crippen molar-refractivity contribution in [3.05, 3.63) is 0 Å². The zero-order valence-electron chi connectivity index (χ0n) is 5.83. The standard InChI is InChI=1S/C6H6O4S/c1-3(7)11-4-2-5(8)10-6(4)9/h4H,2H2,1H3/t4-/m1/s1. The third kappa shape index (κ3) is 2.04. The minimum Gasteiger partial charge on any atom is -0.392 e. The first kappa shape index (κ1) is 8.26. The smallest absolute Gasteiger partial charge is 0.327 e. The molecule has 0 radical (unpaired) electrons. The summed E-state index contributed by atoms with van der Waals surface area (Å²) in [4.78, 5) is 31.7. The van der Waals surface area contributed by atoms with Gasteiger partial charge in [0.2, 0.25) is 0 Å². The molecule has 0 aromatic carbocycles. The van der Waals surface area contributed by atoms with Crippen LogP contribution >= 0.6 is 11.8 Å². The maximum absolute atomic E-state index is 10.7. The molecule has 0 aromatic rings. The Bertz CT molecular complexity index is 223. The zero-order chi connectivity index (χ0) is 8.43. The van der Waals surface area contributed by atoms with Crippen molar-refractivity contribution in [1.29, 1.82) is 0 Å². The van der Waals surface area contributed by atoms with Gasteiger partial charge in [0.15, 0.2) is 5.12 Å². The van der Waals surface area contributed by atoms with Crippen LogP contribution in [0.15, 0.2) is 0 Å². The topological polar surface area (TPSA) is 60.4 Å². The first-order valence-electron chi connectivity index (χ1n) is 3.01. The summed E-state index contributed by atoms with van der Waals surface area (Å²) < 4.78 is 4.22. The molecule has 0 aliphatic carbocycles. The Balaban J connectivity index is 2.53. The lowest BCUT2D eigenvalue weighted by atomic mass is 10.4. The van der Waals surface area contributed by atoms with Gasteiger partial charge in [-0.2, -0.15) is 0 Å². The van der Waals surface area contributed by atoms with E-state index in [2.05, 4.69) is 4.74 Å². The molecule has 60 valence electrons. The fraction of sp³-hybridized carbons (Fsp3) is 0.500. The Morgan fingerprint density at radius 2 is 2.27 bits per heavy atom. The van der Waals surface area contributed by atoms with E-state index in [4.69, 9.17) is 0 Å². The fourth-order valence-corrected chi connectivity index (χ4v) is 1.51. The van der Waals surface area contributed by atoms with Crippen molar-refractivity contribution in [2.75, 3.05) is 0 Å². The molecular formula is C6H6O4S. The first-order chi connectivity index (χ1) is 5.09. The van der Waals surface area contributed by atoms with Crippen LogP contribution < -0.4 is 0 Å². The number of carbonyl (C=O) groups excluding carboxylic acids is 3. The lowest BCUT2D eigenvalue weighted by Crippen LogP contribution is -2.11. The highest BCUT2D eigenvalue weighted by Gasteiger charge is 2.34. The molecule has 0 N–H and O–H groups in total. The van der Waals surface area contributed by atoms with E-state index in [0.717, 1.165) is 11.8 Å². The van der Waals surface area contributed by atoms with Gasteiger partial charge >= 0.3 is 11.9 Å². The summed E-state index contributed by atoms with van der Waals surface area (Å²) in [6.45, 7) is 1.35. The maximum atomic E-state index is 10.7. The van der Waals surface area contributed by atoms with Crippen LogP contribution in [-0.4, -0.2) is 22.3 Å². The van der Waals surface area contributed by atoms with Crippen molar-refractivity contribution < 1.29 is 19.1 Å². The summed E-state index contributed by atoms with van der Waals surface area (Å²) >= 11 is 0.840. The van der Waals surface area contributed by atoms with Gasteiger partial charge in [-0.1, -0.05) is 11.8 Å². The second kappa shape index (κ2) is 3.04. The second-order valence-electron chi connectivity index (χ2n) is 2.10. The van der Waals surface area contributed by atoms with E-state index in [1.54, 1.807) is 0 Å². The summed E-state index contributed by atoms with van der Waals surface area (Å²) in [5.74, 6) is -1.15. The van der Waals surface area contributed by atoms with Crippen LogP contribution in [0.1, 0.15) is 13.3 Å². The number of ether oxygens (including phenoxy) is 1. The number of cyclic esters (lactones) is 2. The molecule has 1 aliphatic heterocycles. The molecule has 1 heterocycles. The van der Waals surface area contributed by atoms with Crippen LogP contribution in [0.4, 0.5) is 0 Å². The van der Waals surface area contributed by atoms with Crippen molar-refractivity contribution in [3.8, 4) is 0 Å². The van der Waals surface area contributed by atoms with Gasteiger partial charge in [0.25, 0.3) is 0 Å². The SMILES string of the molecule is CC(=O)S[C@@H]1CC(=O)OC1=O. The average Bonchev–Trinajstić information content (AvgIpc) is 2.09. The van der Waals surface area contributed by atoms with E-state index < -0.39 is 17.2 Å². The number of carbonyl (C=O) groups is 3. The Morgan fingerprint density at radius 1 is 1.64 bits per heavy atom. The minimum atomic E-state index is -0.611. The molecule has 0 saturated carbocycles. The zero-order valence-corrected chi connectivity index (χ0v) is 6.64. The molecule has 0 unspecified atom stereocenters. The third-order valence-electron chi connectivity index (χ3n) is 1.14. The van der Waals surface area contributed by atoms with Crippen molar-refractivity contribution in [2.45, 2.75) is 18.6 Å². The maximum Gasteiger partial charge on any atom is 0.327 e. The highest BCUT2D eigenvalue weighted by Crippen LogP contribution is 2.22. The third-order valence-corrected chi connectivity index (χ3v) is 2.11. The lowest BCUT2D eigenvalue weighted by molar-refractivity contribution is -0.151. The van der Waals surface area contributed by atoms with E-state index in [9.17, 15) is 14.4 Å². The molecule has 5 heteroatoms. The molecule has 0 amide bonds. The second-order valence-corrected chi connectivity index (χ2v) is 3.47. The van der Waals surface area contributed by atoms with Gasteiger partial charge in [-0.05, 0) is 0 Å². The normalized spacial score (nSPS) is 23.5. The number of hydrogen-bond acceptors (Lipinski definition) is 5. The quantitative estimate of drug-likeness (QED) is 0.417. The van der Waals surface area contributed by atoms with E-state index in [1.807, 2.05) is 0 Å². The van der Waals surface area contributed by atoms with Gasteiger partial charge in [-0.25, -0.2) is 0 Å². The fourth-order valence-electron chi connectivity index (χ4n) is 0.744. The summed E-state index contributed by atoms with van der Waals surface area (Å²) in [6, 6.07) is 0. The van der Waals surface area contributed by atoms with E-state index in [0.29, 0.717) is 0 Å². The number of hydrogen-bond donors (Lipinski definition) is 0. The van der Waals surface area contributed by atoms with Gasteiger partial charge in [0.1, 0.15) is 5.25 Å². The largest absolute Gasteiger partial charge is 0.392 e.